The van der Waals surface area contributed by atoms with Gasteiger partial charge in [0.2, 0.25) is 5.91 Å². The van der Waals surface area contributed by atoms with Crippen LogP contribution in [-0.4, -0.2) is 32.5 Å². The van der Waals surface area contributed by atoms with Gasteiger partial charge in [-0.15, -0.1) is 11.3 Å². The number of nitriles is 1. The number of amides is 2. The zero-order chi connectivity index (χ0) is 20.8. The molecule has 0 aliphatic heterocycles. The second kappa shape index (κ2) is 9.68. The number of fused-ring (bicyclic) bond motifs is 1. The lowest BCUT2D eigenvalue weighted by Gasteiger charge is -2.14. The van der Waals surface area contributed by atoms with Gasteiger partial charge < -0.3 is 15.5 Å². The Labute approximate surface area is 175 Å². The third-order valence-electron chi connectivity index (χ3n) is 5.26. The molecule has 0 spiro atoms. The summed E-state index contributed by atoms with van der Waals surface area (Å²) in [5.74, 6) is -0.143. The van der Waals surface area contributed by atoms with Gasteiger partial charge in [0.25, 0.3) is 5.91 Å². The van der Waals surface area contributed by atoms with Crippen molar-refractivity contribution in [1.29, 1.82) is 5.26 Å². The lowest BCUT2D eigenvalue weighted by molar-refractivity contribution is -0.893. The van der Waals surface area contributed by atoms with Gasteiger partial charge in [0.05, 0.1) is 25.6 Å². The number of carbonyl (C=O) groups excluding carboxylic acids is 2. The highest BCUT2D eigenvalue weighted by molar-refractivity contribution is 7.16. The molecule has 3 N–H and O–H groups in total. The second-order valence-corrected chi connectivity index (χ2v) is 8.59. The van der Waals surface area contributed by atoms with Crippen LogP contribution in [0.2, 0.25) is 0 Å². The van der Waals surface area contributed by atoms with E-state index in [0.29, 0.717) is 29.1 Å². The molecule has 1 atom stereocenters. The molecule has 0 radical (unpaired) electrons. The maximum absolute atomic E-state index is 12.4. The molecule has 3 rings (SSSR count). The fraction of sp³-hybridized carbons (Fsp3) is 0.409. The van der Waals surface area contributed by atoms with Crippen LogP contribution >= 0.6 is 11.3 Å². The molecular formula is C22H27N4O2S+. The Hall–Kier alpha value is -2.69. The van der Waals surface area contributed by atoms with Crippen molar-refractivity contribution >= 4 is 28.2 Å². The third-order valence-corrected chi connectivity index (χ3v) is 6.47. The number of nitrogens with one attached hydrogen (secondary N) is 3. The normalized spacial score (nSPS) is 13.8. The molecule has 6 nitrogen and oxygen atoms in total. The molecule has 2 amide bonds. The van der Waals surface area contributed by atoms with Crippen LogP contribution in [0.4, 0.5) is 5.00 Å². The van der Waals surface area contributed by atoms with Crippen molar-refractivity contribution < 1.29 is 14.5 Å². The van der Waals surface area contributed by atoms with E-state index in [4.69, 9.17) is 0 Å². The first-order valence-electron chi connectivity index (χ1n) is 9.98. The topological polar surface area (TPSA) is 86.4 Å². The fourth-order valence-electron chi connectivity index (χ4n) is 3.64. The van der Waals surface area contributed by atoms with E-state index in [0.717, 1.165) is 43.4 Å². The fourth-order valence-corrected chi connectivity index (χ4v) is 4.90. The molecule has 29 heavy (non-hydrogen) atoms. The van der Waals surface area contributed by atoms with E-state index < -0.39 is 0 Å². The van der Waals surface area contributed by atoms with Gasteiger partial charge in [0.1, 0.15) is 17.6 Å². The van der Waals surface area contributed by atoms with E-state index in [2.05, 4.69) is 16.7 Å². The minimum absolute atomic E-state index is 0.0468. The highest BCUT2D eigenvalue weighted by Crippen LogP contribution is 2.37. The van der Waals surface area contributed by atoms with Gasteiger partial charge in [-0.25, -0.2) is 0 Å². The lowest BCUT2D eigenvalue weighted by atomic mass is 9.96. The largest absolute Gasteiger partial charge is 0.355 e. The zero-order valence-electron chi connectivity index (χ0n) is 16.9. The van der Waals surface area contributed by atoms with Gasteiger partial charge in [-0.05, 0) is 43.4 Å². The monoisotopic (exact) mass is 411 g/mol. The Morgan fingerprint density at radius 3 is 2.62 bits per heavy atom. The number of benzene rings is 1. The maximum Gasteiger partial charge on any atom is 0.251 e. The van der Waals surface area contributed by atoms with Crippen molar-refractivity contribution in [3.8, 4) is 6.07 Å². The van der Waals surface area contributed by atoms with Crippen LogP contribution in [0.25, 0.3) is 0 Å². The number of nitrogens with zero attached hydrogens (tertiary/aromatic N) is 1. The molecule has 1 heterocycles. The highest BCUT2D eigenvalue weighted by atomic mass is 32.1. The van der Waals surface area contributed by atoms with Crippen molar-refractivity contribution in [3.05, 3.63) is 51.4 Å². The highest BCUT2D eigenvalue weighted by Gasteiger charge is 2.22. The molecule has 0 saturated heterocycles. The van der Waals surface area contributed by atoms with E-state index in [9.17, 15) is 14.9 Å². The summed E-state index contributed by atoms with van der Waals surface area (Å²) < 4.78 is 0. The molecule has 1 unspecified atom stereocenters. The van der Waals surface area contributed by atoms with Gasteiger partial charge in [-0.1, -0.05) is 12.1 Å². The third kappa shape index (κ3) is 5.22. The number of quaternary nitrogens is 1. The van der Waals surface area contributed by atoms with E-state index >= 15 is 0 Å². The van der Waals surface area contributed by atoms with Gasteiger partial charge in [0.15, 0.2) is 0 Å². The van der Waals surface area contributed by atoms with Crippen LogP contribution in [0.1, 0.15) is 51.2 Å². The molecule has 1 aromatic carbocycles. The van der Waals surface area contributed by atoms with E-state index in [-0.39, 0.29) is 11.8 Å². The summed E-state index contributed by atoms with van der Waals surface area (Å²) >= 11 is 1.56. The second-order valence-electron chi connectivity index (χ2n) is 7.48. The molecule has 0 saturated carbocycles. The summed E-state index contributed by atoms with van der Waals surface area (Å²) in [6.07, 6.45) is 4.62. The average molecular weight is 412 g/mol. The van der Waals surface area contributed by atoms with Crippen molar-refractivity contribution in [1.82, 2.24) is 5.32 Å². The van der Waals surface area contributed by atoms with Gasteiger partial charge in [-0.2, -0.15) is 5.26 Å². The van der Waals surface area contributed by atoms with Crippen molar-refractivity contribution in [2.45, 2.75) is 38.6 Å². The summed E-state index contributed by atoms with van der Waals surface area (Å²) in [5.41, 5.74) is 3.56. The minimum atomic E-state index is -0.0964. The Morgan fingerprint density at radius 1 is 1.21 bits per heavy atom. The van der Waals surface area contributed by atoms with E-state index in [1.165, 1.54) is 9.78 Å². The number of hydrogen-bond donors (Lipinski definition) is 3. The first-order chi connectivity index (χ1) is 14.0. The summed E-state index contributed by atoms with van der Waals surface area (Å²) in [7, 11) is 3.66. The van der Waals surface area contributed by atoms with Crippen LogP contribution in [0, 0.1) is 11.3 Å². The molecule has 2 aromatic rings. The molecule has 1 aliphatic carbocycles. The Morgan fingerprint density at radius 2 is 1.93 bits per heavy atom. The summed E-state index contributed by atoms with van der Waals surface area (Å²) in [4.78, 5) is 26.5. The summed E-state index contributed by atoms with van der Waals surface area (Å²) in [6, 6.07) is 9.81. The number of rotatable bonds is 7. The smallest absolute Gasteiger partial charge is 0.251 e. The quantitative estimate of drug-likeness (QED) is 0.650. The Balaban J connectivity index is 1.51. The van der Waals surface area contributed by atoms with Crippen LogP contribution in [0.5, 0.6) is 0 Å². The average Bonchev–Trinajstić information content (AvgIpc) is 3.09. The SMILES string of the molecule is CNC(=O)c1ccc(C[NH+](C)CCC(=O)Nc2sc3c(c2C#N)CCCC3)cc1. The molecule has 152 valence electrons. The van der Waals surface area contributed by atoms with Crippen LogP contribution < -0.4 is 15.5 Å². The summed E-state index contributed by atoms with van der Waals surface area (Å²) in [6.45, 7) is 1.47. The van der Waals surface area contributed by atoms with Crippen LogP contribution in [0.3, 0.4) is 0 Å². The van der Waals surface area contributed by atoms with Crippen LogP contribution in [-0.2, 0) is 24.2 Å². The molecule has 0 fully saturated rings. The van der Waals surface area contributed by atoms with Crippen LogP contribution in [0.15, 0.2) is 24.3 Å². The van der Waals surface area contributed by atoms with Crippen molar-refractivity contribution in [2.75, 3.05) is 26.0 Å². The van der Waals surface area contributed by atoms with Gasteiger partial charge in [0, 0.05) is 23.1 Å². The first kappa shape index (κ1) is 21.0. The minimum Gasteiger partial charge on any atom is -0.355 e. The maximum atomic E-state index is 12.4. The lowest BCUT2D eigenvalue weighted by Crippen LogP contribution is -3.07. The number of carbonyl (C=O) groups is 2. The van der Waals surface area contributed by atoms with Crippen molar-refractivity contribution in [2.24, 2.45) is 0 Å². The standard InChI is InChI=1S/C22H26N4O2S/c1-24-21(28)16-9-7-15(8-10-16)14-26(2)12-11-20(27)25-22-18(13-23)17-5-3-4-6-19(17)29-22/h7-10H,3-6,11-12,14H2,1-2H3,(H,24,28)(H,25,27)/p+1. The predicted octanol–water partition coefficient (Wildman–Crippen LogP) is 1.90. The van der Waals surface area contributed by atoms with Gasteiger partial charge in [-0.3, -0.25) is 9.59 Å². The molecule has 1 aliphatic rings. The van der Waals surface area contributed by atoms with E-state index in [1.807, 2.05) is 31.3 Å². The molecule has 1 aromatic heterocycles. The Kier molecular flexibility index (Phi) is 7.02. The number of thiophene rings is 1. The number of hydrogen-bond acceptors (Lipinski definition) is 4. The summed E-state index contributed by atoms with van der Waals surface area (Å²) in [5, 5.41) is 15.8. The van der Waals surface area contributed by atoms with Crippen molar-refractivity contribution in [3.63, 3.8) is 0 Å². The molecular weight excluding hydrogens is 384 g/mol. The number of anilines is 1. The van der Waals surface area contributed by atoms with Gasteiger partial charge >= 0.3 is 0 Å². The van der Waals surface area contributed by atoms with E-state index in [1.54, 1.807) is 18.4 Å². The predicted molar refractivity (Wildman–Crippen MR) is 114 cm³/mol. The first-order valence-corrected chi connectivity index (χ1v) is 10.8. The molecule has 7 heteroatoms. The molecule has 0 bridgehead atoms. The zero-order valence-corrected chi connectivity index (χ0v) is 17.7. The number of aryl methyl sites for hydroxylation is 1. The Bertz CT molecular complexity index is 928.